The predicted octanol–water partition coefficient (Wildman–Crippen LogP) is 1.32. The summed E-state index contributed by atoms with van der Waals surface area (Å²) in [6, 6.07) is 1.43. The van der Waals surface area contributed by atoms with Crippen LogP contribution in [0.1, 0.15) is 71.3 Å². The molecule has 0 aliphatic carbocycles. The first-order chi connectivity index (χ1) is 26.5. The van der Waals surface area contributed by atoms with Gasteiger partial charge < -0.3 is 53.6 Å². The Hall–Kier alpha value is -3.85. The van der Waals surface area contributed by atoms with Crippen LogP contribution in [-0.2, 0) is 35.2 Å². The Morgan fingerprint density at radius 2 is 1.46 bits per heavy atom. The van der Waals surface area contributed by atoms with Crippen molar-refractivity contribution in [2.75, 3.05) is 19.3 Å². The first-order valence-corrected chi connectivity index (χ1v) is 27.1. The lowest BCUT2D eigenvalue weighted by Gasteiger charge is -2.41. The molecule has 18 heteroatoms. The second-order valence-corrected chi connectivity index (χ2v) is 28.4. The number of nitrogens with two attached hydrogens (primary N) is 3. The molecular weight excluding hydrogens is 765 g/mol. The molecule has 0 bridgehead atoms. The summed E-state index contributed by atoms with van der Waals surface area (Å²) in [5, 5.41) is 29.6. The second kappa shape index (κ2) is 21.8. The molecule has 5 amide bonds. The molecular formula is C39H70N8O8Si2. The minimum Gasteiger partial charge on any atom is -0.508 e. The van der Waals surface area contributed by atoms with E-state index >= 15 is 0 Å². The molecule has 6 atom stereocenters. The van der Waals surface area contributed by atoms with Gasteiger partial charge in [0.2, 0.25) is 29.5 Å². The highest BCUT2D eigenvalue weighted by Gasteiger charge is 2.50. The van der Waals surface area contributed by atoms with Crippen molar-refractivity contribution < 1.29 is 39.0 Å². The Kier molecular flexibility index (Phi) is 18.8. The molecule has 0 spiro atoms. The number of carboxylic acids is 1. The normalized spacial score (nSPS) is 18.5. The molecule has 1 aliphatic rings. The zero-order valence-electron chi connectivity index (χ0n) is 35.3. The van der Waals surface area contributed by atoms with E-state index in [9.17, 15) is 39.0 Å². The number of aromatic hydroxyl groups is 1. The Labute approximate surface area is 340 Å². The highest BCUT2D eigenvalue weighted by molar-refractivity contribution is 6.82. The van der Waals surface area contributed by atoms with E-state index < -0.39 is 87.0 Å². The summed E-state index contributed by atoms with van der Waals surface area (Å²) in [4.78, 5) is 83.9. The van der Waals surface area contributed by atoms with Crippen molar-refractivity contribution in [1.29, 1.82) is 0 Å². The second-order valence-electron chi connectivity index (χ2n) is 17.9. The minimum absolute atomic E-state index is 0.0121. The summed E-state index contributed by atoms with van der Waals surface area (Å²) < 4.78 is 0. The van der Waals surface area contributed by atoms with Crippen LogP contribution >= 0.6 is 0 Å². The number of carboxylic acid groups (broad SMARTS) is 1. The van der Waals surface area contributed by atoms with Gasteiger partial charge in [0.15, 0.2) is 0 Å². The van der Waals surface area contributed by atoms with Crippen LogP contribution in [0.25, 0.3) is 0 Å². The molecule has 1 heterocycles. The topological polar surface area (TPSA) is 272 Å². The Morgan fingerprint density at radius 3 is 1.98 bits per heavy atom. The summed E-state index contributed by atoms with van der Waals surface area (Å²) in [7, 11) is -4.86. The number of phenols is 1. The van der Waals surface area contributed by atoms with Crippen molar-refractivity contribution >= 4 is 51.7 Å². The number of benzene rings is 1. The molecule has 2 rings (SSSR count). The number of unbranched alkanes of at least 4 members (excludes halogenated alkanes) is 2. The number of hydrogen-bond acceptors (Lipinski definition) is 10. The third-order valence-electron chi connectivity index (χ3n) is 10.8. The molecule has 1 aromatic rings. The molecule has 16 nitrogen and oxygen atoms in total. The molecule has 0 aromatic heterocycles. The van der Waals surface area contributed by atoms with Crippen LogP contribution in [-0.4, -0.2) is 121 Å². The van der Waals surface area contributed by atoms with Crippen molar-refractivity contribution in [2.24, 2.45) is 23.1 Å². The summed E-state index contributed by atoms with van der Waals surface area (Å²) in [6.45, 7) is 15.9. The lowest BCUT2D eigenvalue weighted by molar-refractivity contribution is -0.143. The molecule has 1 fully saturated rings. The highest BCUT2D eigenvalue weighted by atomic mass is 28.3. The van der Waals surface area contributed by atoms with Gasteiger partial charge in [-0.05, 0) is 88.2 Å². The lowest BCUT2D eigenvalue weighted by Crippen LogP contribution is -2.72. The van der Waals surface area contributed by atoms with Gasteiger partial charge in [-0.1, -0.05) is 65.1 Å². The maximum Gasteiger partial charge on any atom is 0.326 e. The Morgan fingerprint density at radius 1 is 0.877 bits per heavy atom. The maximum absolute atomic E-state index is 14.4. The van der Waals surface area contributed by atoms with Crippen molar-refractivity contribution in [2.45, 2.75) is 146 Å². The fraction of sp³-hybridized carbons (Fsp3) is 0.692. The Bertz CT molecular complexity index is 1540. The van der Waals surface area contributed by atoms with Crippen LogP contribution in [0.2, 0.25) is 38.8 Å². The molecule has 0 saturated carbocycles. The van der Waals surface area contributed by atoms with Crippen molar-refractivity contribution in [1.82, 2.24) is 26.2 Å². The number of carbonyl (C=O) groups excluding carboxylic acids is 5. The first-order valence-electron chi connectivity index (χ1n) is 20.2. The molecule has 0 radical (unpaired) electrons. The van der Waals surface area contributed by atoms with Gasteiger partial charge in [0.25, 0.3) is 0 Å². The van der Waals surface area contributed by atoms with Crippen LogP contribution in [0.4, 0.5) is 0 Å². The van der Waals surface area contributed by atoms with E-state index in [1.165, 1.54) is 17.0 Å². The first kappa shape index (κ1) is 49.3. The summed E-state index contributed by atoms with van der Waals surface area (Å²) in [5.74, 6) is -3.95. The lowest BCUT2D eigenvalue weighted by atomic mass is 10.0. The van der Waals surface area contributed by atoms with Gasteiger partial charge in [0.1, 0.15) is 35.1 Å². The SMILES string of the molecule is CC(C)C[C@H](NC(=O)[C@](C)(NC(=O)[C@H](Cc1ccc(O)cc1)NC(=O)[C@@H]1C[Si](C)(C)CN1C(=O)[C@H](CCCCN)NC(=O)[C@@H](N)CCCCN)[Si](C)(C)C)C(=O)O. The standard InChI is InChI=1S/C39H70N8O8Si2/c1-25(2)21-31(37(53)54)45-38(55)39(3,56(4,5)6)46-34(50)30(22-26-15-17-27(48)18-16-26)44-35(51)32-23-57(7,8)24-47(32)36(52)29(14-10-12-20-41)43-33(49)28(42)13-9-11-19-40/h15-18,25,28-32,48H,9-14,19-24,40-42H2,1-8H3,(H,43,49)(H,44,51)(H,45,55)(H,46,50)(H,53,54)/t28-,29-,30-,31-,32-,39+/m0/s1. The molecule has 1 aliphatic heterocycles. The molecule has 322 valence electrons. The number of hydrogen-bond donors (Lipinski definition) is 9. The number of nitrogens with zero attached hydrogens (tertiary/aromatic N) is 1. The average Bonchev–Trinajstić information content (AvgIpc) is 3.45. The molecule has 12 N–H and O–H groups in total. The summed E-state index contributed by atoms with van der Waals surface area (Å²) in [6.07, 6.45) is 3.78. The van der Waals surface area contributed by atoms with Gasteiger partial charge in [-0.2, -0.15) is 0 Å². The summed E-state index contributed by atoms with van der Waals surface area (Å²) in [5.41, 5.74) is 18.1. The van der Waals surface area contributed by atoms with Crippen LogP contribution in [0.3, 0.4) is 0 Å². The number of phenolic OH excluding ortho intramolecular Hbond substituents is 1. The van der Waals surface area contributed by atoms with Gasteiger partial charge in [0.05, 0.1) is 22.2 Å². The molecule has 0 unspecified atom stereocenters. The smallest absolute Gasteiger partial charge is 0.326 e. The zero-order chi connectivity index (χ0) is 43.3. The van der Waals surface area contributed by atoms with Gasteiger partial charge in [-0.25, -0.2) is 4.79 Å². The van der Waals surface area contributed by atoms with Gasteiger partial charge >= 0.3 is 5.97 Å². The fourth-order valence-corrected chi connectivity index (χ4v) is 11.0. The largest absolute Gasteiger partial charge is 0.508 e. The average molecular weight is 835 g/mol. The van der Waals surface area contributed by atoms with Crippen LogP contribution in [0.15, 0.2) is 24.3 Å². The number of rotatable bonds is 23. The van der Waals surface area contributed by atoms with Gasteiger partial charge in [-0.3, -0.25) is 24.0 Å². The van der Waals surface area contributed by atoms with Gasteiger partial charge in [-0.15, -0.1) is 0 Å². The van der Waals surface area contributed by atoms with Gasteiger partial charge in [0, 0.05) is 12.6 Å². The van der Waals surface area contributed by atoms with E-state index in [1.807, 2.05) is 33.5 Å². The zero-order valence-corrected chi connectivity index (χ0v) is 37.3. The molecule has 57 heavy (non-hydrogen) atoms. The van der Waals surface area contributed by atoms with E-state index in [1.54, 1.807) is 19.1 Å². The van der Waals surface area contributed by atoms with E-state index in [0.717, 1.165) is 0 Å². The van der Waals surface area contributed by atoms with Crippen molar-refractivity contribution in [3.8, 4) is 5.75 Å². The molecule has 1 saturated heterocycles. The Balaban J connectivity index is 2.49. The third kappa shape index (κ3) is 14.8. The van der Waals surface area contributed by atoms with E-state index in [2.05, 4.69) is 34.4 Å². The number of aliphatic carboxylic acids is 1. The minimum atomic E-state index is -2.68. The third-order valence-corrected chi connectivity index (χ3v) is 16.9. The number of amides is 5. The number of carbonyl (C=O) groups is 6. The van der Waals surface area contributed by atoms with Crippen LogP contribution < -0.4 is 38.5 Å². The quantitative estimate of drug-likeness (QED) is 0.0560. The van der Waals surface area contributed by atoms with E-state index in [0.29, 0.717) is 69.4 Å². The van der Waals surface area contributed by atoms with E-state index in [-0.39, 0.29) is 24.5 Å². The summed E-state index contributed by atoms with van der Waals surface area (Å²) >= 11 is 0. The van der Waals surface area contributed by atoms with Crippen LogP contribution in [0.5, 0.6) is 5.75 Å². The van der Waals surface area contributed by atoms with Crippen LogP contribution in [0, 0.1) is 5.92 Å². The monoisotopic (exact) mass is 834 g/mol. The van der Waals surface area contributed by atoms with Crippen molar-refractivity contribution in [3.05, 3.63) is 29.8 Å². The number of nitrogens with one attached hydrogen (secondary N) is 4. The predicted molar refractivity (Wildman–Crippen MR) is 226 cm³/mol. The van der Waals surface area contributed by atoms with Crippen molar-refractivity contribution in [3.63, 3.8) is 0 Å². The maximum atomic E-state index is 14.4. The molecule has 1 aromatic carbocycles. The highest BCUT2D eigenvalue weighted by Crippen LogP contribution is 2.29. The van der Waals surface area contributed by atoms with E-state index in [4.69, 9.17) is 17.2 Å². The fourth-order valence-electron chi connectivity index (χ4n) is 6.86.